The smallest absolute Gasteiger partial charge is 0.419 e. The maximum Gasteiger partial charge on any atom is 0.419 e. The van der Waals surface area contributed by atoms with Crippen LogP contribution in [0.15, 0.2) is 24.3 Å². The molecule has 16 heavy (non-hydrogen) atoms. The fourth-order valence-electron chi connectivity index (χ4n) is 0.991. The monoisotopic (exact) mass is 233 g/mol. The van der Waals surface area contributed by atoms with E-state index in [1.807, 2.05) is 0 Å². The molecule has 0 aliphatic carbocycles. The third-order valence-corrected chi connectivity index (χ3v) is 1.77. The summed E-state index contributed by atoms with van der Waals surface area (Å²) in [6.07, 6.45) is -4.56. The molecule has 0 bridgehead atoms. The number of ether oxygens (including phenoxy) is 1. The minimum absolute atomic E-state index is 0.530. The number of esters is 1. The van der Waals surface area contributed by atoms with Crippen molar-refractivity contribution in [3.63, 3.8) is 0 Å². The first-order valence-electron chi connectivity index (χ1n) is 4.46. The predicted octanol–water partition coefficient (Wildman–Crippen LogP) is 1.96. The van der Waals surface area contributed by atoms with Gasteiger partial charge in [0, 0.05) is 0 Å². The van der Waals surface area contributed by atoms with Crippen molar-refractivity contribution in [3.05, 3.63) is 29.8 Å². The van der Waals surface area contributed by atoms with Crippen molar-refractivity contribution in [3.8, 4) is 5.75 Å². The fraction of sp³-hybridized carbons (Fsp3) is 0.300. The number of carbonyl (C=O) groups is 1. The zero-order chi connectivity index (χ0) is 12.3. The first kappa shape index (κ1) is 12.5. The van der Waals surface area contributed by atoms with E-state index in [-0.39, 0.29) is 0 Å². The van der Waals surface area contributed by atoms with Crippen LogP contribution in [0.3, 0.4) is 0 Å². The van der Waals surface area contributed by atoms with Crippen molar-refractivity contribution in [1.82, 2.24) is 0 Å². The first-order chi connectivity index (χ1) is 7.32. The zero-order valence-electron chi connectivity index (χ0n) is 8.41. The third-order valence-electron chi connectivity index (χ3n) is 1.77. The Morgan fingerprint density at radius 2 is 1.94 bits per heavy atom. The molecule has 0 saturated carbocycles. The number of carbonyl (C=O) groups excluding carboxylic acids is 1. The zero-order valence-corrected chi connectivity index (χ0v) is 8.41. The summed E-state index contributed by atoms with van der Waals surface area (Å²) < 4.78 is 42.0. The van der Waals surface area contributed by atoms with Gasteiger partial charge in [0.1, 0.15) is 11.8 Å². The van der Waals surface area contributed by atoms with E-state index in [9.17, 15) is 18.0 Å². The molecule has 3 nitrogen and oxygen atoms in total. The van der Waals surface area contributed by atoms with Crippen LogP contribution in [0.5, 0.6) is 5.75 Å². The Kier molecular flexibility index (Phi) is 3.54. The lowest BCUT2D eigenvalue weighted by Crippen LogP contribution is -2.31. The Morgan fingerprint density at radius 3 is 2.44 bits per heavy atom. The van der Waals surface area contributed by atoms with Crippen LogP contribution in [0.1, 0.15) is 12.5 Å². The van der Waals surface area contributed by atoms with E-state index in [1.165, 1.54) is 19.1 Å². The first-order valence-corrected chi connectivity index (χ1v) is 4.46. The summed E-state index contributed by atoms with van der Waals surface area (Å²) in [6, 6.07) is 3.50. The average Bonchev–Trinajstić information content (AvgIpc) is 2.16. The molecule has 2 N–H and O–H groups in total. The molecular weight excluding hydrogens is 223 g/mol. The van der Waals surface area contributed by atoms with Gasteiger partial charge in [-0.1, -0.05) is 12.1 Å². The van der Waals surface area contributed by atoms with Crippen LogP contribution in [0.2, 0.25) is 0 Å². The summed E-state index contributed by atoms with van der Waals surface area (Å²) in [5.41, 5.74) is 4.19. The molecule has 1 rings (SSSR count). The highest BCUT2D eigenvalue weighted by atomic mass is 19.4. The number of alkyl halides is 3. The lowest BCUT2D eigenvalue weighted by molar-refractivity contribution is -0.142. The van der Waals surface area contributed by atoms with Gasteiger partial charge in [0.25, 0.3) is 0 Å². The topological polar surface area (TPSA) is 52.3 Å². The average molecular weight is 233 g/mol. The van der Waals surface area contributed by atoms with E-state index in [0.717, 1.165) is 12.1 Å². The van der Waals surface area contributed by atoms with Crippen LogP contribution in [0.4, 0.5) is 13.2 Å². The Hall–Kier alpha value is -1.56. The van der Waals surface area contributed by atoms with E-state index in [2.05, 4.69) is 4.74 Å². The third kappa shape index (κ3) is 2.96. The van der Waals surface area contributed by atoms with Crippen molar-refractivity contribution in [1.29, 1.82) is 0 Å². The highest BCUT2D eigenvalue weighted by molar-refractivity contribution is 5.77. The van der Waals surface area contributed by atoms with Gasteiger partial charge in [-0.3, -0.25) is 0 Å². The molecule has 1 aromatic carbocycles. The van der Waals surface area contributed by atoms with Gasteiger partial charge < -0.3 is 10.5 Å². The summed E-state index contributed by atoms with van der Waals surface area (Å²) in [5, 5.41) is 0. The number of hydrogen-bond donors (Lipinski definition) is 1. The highest BCUT2D eigenvalue weighted by Crippen LogP contribution is 2.35. The molecule has 1 atom stereocenters. The number of benzene rings is 1. The minimum Gasteiger partial charge on any atom is -0.425 e. The molecule has 0 unspecified atom stereocenters. The molecule has 0 aliphatic heterocycles. The maximum absolute atomic E-state index is 12.5. The van der Waals surface area contributed by atoms with E-state index >= 15 is 0 Å². The van der Waals surface area contributed by atoms with Gasteiger partial charge in [0.15, 0.2) is 0 Å². The quantitative estimate of drug-likeness (QED) is 0.627. The molecule has 1 aromatic rings. The Bertz CT molecular complexity index is 388. The van der Waals surface area contributed by atoms with Gasteiger partial charge in [-0.25, -0.2) is 4.79 Å². The molecule has 0 spiro atoms. The largest absolute Gasteiger partial charge is 0.425 e. The van der Waals surface area contributed by atoms with Gasteiger partial charge in [-0.15, -0.1) is 0 Å². The fourth-order valence-corrected chi connectivity index (χ4v) is 0.991. The molecule has 6 heteroatoms. The Balaban J connectivity index is 3.01. The van der Waals surface area contributed by atoms with Gasteiger partial charge in [0.05, 0.1) is 5.56 Å². The Morgan fingerprint density at radius 1 is 1.38 bits per heavy atom. The van der Waals surface area contributed by atoms with E-state index in [0.29, 0.717) is 0 Å². The number of nitrogens with two attached hydrogens (primary N) is 1. The van der Waals surface area contributed by atoms with Gasteiger partial charge in [-0.05, 0) is 19.1 Å². The van der Waals surface area contributed by atoms with Crippen molar-refractivity contribution in [2.75, 3.05) is 0 Å². The molecule has 0 aliphatic rings. The van der Waals surface area contributed by atoms with E-state index < -0.39 is 29.5 Å². The molecule has 0 heterocycles. The van der Waals surface area contributed by atoms with Crippen LogP contribution in [-0.2, 0) is 11.0 Å². The second-order valence-electron chi connectivity index (χ2n) is 3.20. The van der Waals surface area contributed by atoms with Crippen LogP contribution in [-0.4, -0.2) is 12.0 Å². The summed E-state index contributed by atoms with van der Waals surface area (Å²) >= 11 is 0. The molecular formula is C10H10F3NO2. The summed E-state index contributed by atoms with van der Waals surface area (Å²) in [5.74, 6) is -1.44. The van der Waals surface area contributed by atoms with Crippen LogP contribution in [0, 0.1) is 0 Å². The summed E-state index contributed by atoms with van der Waals surface area (Å²) in [4.78, 5) is 11.1. The lowest BCUT2D eigenvalue weighted by atomic mass is 10.2. The van der Waals surface area contributed by atoms with Crippen molar-refractivity contribution >= 4 is 5.97 Å². The molecule has 0 saturated heterocycles. The van der Waals surface area contributed by atoms with E-state index in [1.54, 1.807) is 0 Å². The number of hydrogen-bond acceptors (Lipinski definition) is 3. The van der Waals surface area contributed by atoms with Crippen molar-refractivity contribution in [2.24, 2.45) is 5.73 Å². The Labute approximate surface area is 90.0 Å². The molecule has 0 fully saturated rings. The van der Waals surface area contributed by atoms with E-state index in [4.69, 9.17) is 5.73 Å². The van der Waals surface area contributed by atoms with Gasteiger partial charge >= 0.3 is 12.1 Å². The van der Waals surface area contributed by atoms with Crippen LogP contribution < -0.4 is 10.5 Å². The van der Waals surface area contributed by atoms with Crippen molar-refractivity contribution in [2.45, 2.75) is 19.1 Å². The molecule has 0 radical (unpaired) electrons. The second kappa shape index (κ2) is 4.52. The number of para-hydroxylation sites is 1. The van der Waals surface area contributed by atoms with Crippen LogP contribution in [0.25, 0.3) is 0 Å². The predicted molar refractivity (Wildman–Crippen MR) is 50.7 cm³/mol. The maximum atomic E-state index is 12.5. The SMILES string of the molecule is C[C@H](N)C(=O)Oc1ccccc1C(F)(F)F. The van der Waals surface area contributed by atoms with Crippen LogP contribution >= 0.6 is 0 Å². The molecule has 0 aromatic heterocycles. The lowest BCUT2D eigenvalue weighted by Gasteiger charge is -2.13. The molecule has 0 amide bonds. The number of halogens is 3. The minimum atomic E-state index is -4.56. The normalized spacial score (nSPS) is 13.3. The van der Waals surface area contributed by atoms with Crippen molar-refractivity contribution < 1.29 is 22.7 Å². The standard InChI is InChI=1S/C10H10F3NO2/c1-6(14)9(15)16-8-5-3-2-4-7(8)10(11,12)13/h2-6H,14H2,1H3/t6-/m0/s1. The highest BCUT2D eigenvalue weighted by Gasteiger charge is 2.34. The van der Waals surface area contributed by atoms with Gasteiger partial charge in [-0.2, -0.15) is 13.2 Å². The number of rotatable bonds is 2. The second-order valence-corrected chi connectivity index (χ2v) is 3.20. The molecule has 88 valence electrons. The summed E-state index contributed by atoms with van der Waals surface area (Å²) in [6.45, 7) is 1.33. The van der Waals surface area contributed by atoms with Gasteiger partial charge in [0.2, 0.25) is 0 Å². The summed E-state index contributed by atoms with van der Waals surface area (Å²) in [7, 11) is 0.